The van der Waals surface area contributed by atoms with Crippen molar-refractivity contribution in [3.05, 3.63) is 11.6 Å². The van der Waals surface area contributed by atoms with E-state index in [-0.39, 0.29) is 0 Å². The van der Waals surface area contributed by atoms with Crippen LogP contribution in [0.15, 0.2) is 11.6 Å². The summed E-state index contributed by atoms with van der Waals surface area (Å²) in [5.41, 5.74) is 6.93. The van der Waals surface area contributed by atoms with E-state index in [1.807, 2.05) is 6.26 Å². The highest BCUT2D eigenvalue weighted by molar-refractivity contribution is 7.98. The van der Waals surface area contributed by atoms with Crippen LogP contribution in [0.5, 0.6) is 0 Å². The minimum atomic E-state index is -0.913. The summed E-state index contributed by atoms with van der Waals surface area (Å²) < 4.78 is 0. The number of carbonyl (C=O) groups is 1. The summed E-state index contributed by atoms with van der Waals surface area (Å²) in [7, 11) is 0. The van der Waals surface area contributed by atoms with Crippen molar-refractivity contribution in [3.63, 3.8) is 0 Å². The molecule has 2 rings (SSSR count). The van der Waals surface area contributed by atoms with E-state index in [4.69, 9.17) is 10.8 Å². The second-order valence-corrected chi connectivity index (χ2v) is 5.42. The lowest BCUT2D eigenvalue weighted by Crippen LogP contribution is -2.30. The summed E-state index contributed by atoms with van der Waals surface area (Å²) in [4.78, 5) is 10.1. The van der Waals surface area contributed by atoms with E-state index in [9.17, 15) is 4.79 Å². The predicted octanol–water partition coefficient (Wildman–Crippen LogP) is 2.27. The summed E-state index contributed by atoms with van der Waals surface area (Å²) in [6, 6.07) is -0.683. The molecule has 0 amide bonds. The van der Waals surface area contributed by atoms with E-state index in [2.05, 4.69) is 6.08 Å². The summed E-state index contributed by atoms with van der Waals surface area (Å²) in [5.74, 6) is 0.979. The predicted molar refractivity (Wildman–Crippen MR) is 68.7 cm³/mol. The molecule has 2 unspecified atom stereocenters. The van der Waals surface area contributed by atoms with Gasteiger partial charge in [-0.1, -0.05) is 11.6 Å². The molecule has 0 heterocycles. The molecule has 0 aromatic rings. The van der Waals surface area contributed by atoms with Crippen LogP contribution in [0.25, 0.3) is 0 Å². The molecule has 0 spiro atoms. The number of thioether (sulfide) groups is 1. The highest BCUT2D eigenvalue weighted by Gasteiger charge is 2.22. The van der Waals surface area contributed by atoms with Gasteiger partial charge < -0.3 is 10.8 Å². The largest absolute Gasteiger partial charge is 0.480 e. The molecule has 16 heavy (non-hydrogen) atoms. The van der Waals surface area contributed by atoms with Gasteiger partial charge in [0.1, 0.15) is 6.04 Å². The summed E-state index contributed by atoms with van der Waals surface area (Å²) in [6.07, 6.45) is 10.7. The molecule has 0 aromatic carbocycles. The zero-order chi connectivity index (χ0) is 12.0. The molecule has 0 radical (unpaired) electrons. The zero-order valence-corrected chi connectivity index (χ0v) is 10.6. The van der Waals surface area contributed by atoms with Gasteiger partial charge in [-0.3, -0.25) is 4.79 Å². The maximum absolute atomic E-state index is 10.1. The third-order valence-corrected chi connectivity index (χ3v) is 3.76. The van der Waals surface area contributed by atoms with Gasteiger partial charge >= 0.3 is 5.97 Å². The Hall–Kier alpha value is -0.480. The Morgan fingerprint density at radius 1 is 1.75 bits per heavy atom. The Labute approximate surface area is 101 Å². The first-order valence-corrected chi connectivity index (χ1v) is 7.18. The van der Waals surface area contributed by atoms with Gasteiger partial charge in [0.05, 0.1) is 0 Å². The number of carboxylic acid groups (broad SMARTS) is 1. The molecule has 1 saturated carbocycles. The SMILES string of the molecule is C1=C2CCC(C1)C2.CSCCC(N)C(=O)O. The van der Waals surface area contributed by atoms with Crippen molar-refractivity contribution < 1.29 is 9.90 Å². The number of hydrogen-bond donors (Lipinski definition) is 2. The van der Waals surface area contributed by atoms with Gasteiger partial charge in [-0.2, -0.15) is 11.8 Å². The number of carboxylic acids is 1. The van der Waals surface area contributed by atoms with Crippen LogP contribution < -0.4 is 5.73 Å². The highest BCUT2D eigenvalue weighted by atomic mass is 32.2. The Morgan fingerprint density at radius 3 is 2.75 bits per heavy atom. The van der Waals surface area contributed by atoms with Gasteiger partial charge in [0.15, 0.2) is 0 Å². The first kappa shape index (κ1) is 13.6. The van der Waals surface area contributed by atoms with Crippen molar-refractivity contribution in [2.24, 2.45) is 11.7 Å². The molecule has 2 aliphatic carbocycles. The Bertz CT molecular complexity index is 266. The minimum Gasteiger partial charge on any atom is -0.480 e. The van der Waals surface area contributed by atoms with Gasteiger partial charge in [-0.25, -0.2) is 0 Å². The fourth-order valence-electron chi connectivity index (χ4n) is 2.05. The maximum atomic E-state index is 10.1. The number of allylic oxidation sites excluding steroid dienone is 2. The quantitative estimate of drug-likeness (QED) is 0.743. The van der Waals surface area contributed by atoms with Crippen molar-refractivity contribution >= 4 is 17.7 Å². The molecule has 92 valence electrons. The fraction of sp³-hybridized carbons (Fsp3) is 0.750. The smallest absolute Gasteiger partial charge is 0.320 e. The Balaban J connectivity index is 0.000000163. The third-order valence-electron chi connectivity index (χ3n) is 3.11. The molecular weight excluding hydrogens is 222 g/mol. The van der Waals surface area contributed by atoms with E-state index >= 15 is 0 Å². The van der Waals surface area contributed by atoms with Gasteiger partial charge in [-0.15, -0.1) is 0 Å². The van der Waals surface area contributed by atoms with E-state index in [1.165, 1.54) is 25.7 Å². The Kier molecular flexibility index (Phi) is 5.91. The number of fused-ring (bicyclic) bond motifs is 2. The number of nitrogens with two attached hydrogens (primary N) is 1. The van der Waals surface area contributed by atoms with Crippen LogP contribution in [-0.4, -0.2) is 29.1 Å². The summed E-state index contributed by atoms with van der Waals surface area (Å²) in [5, 5.41) is 8.27. The number of rotatable bonds is 4. The van der Waals surface area contributed by atoms with Crippen LogP contribution in [0.4, 0.5) is 0 Å². The van der Waals surface area contributed by atoms with Crippen LogP contribution in [0.2, 0.25) is 0 Å². The lowest BCUT2D eigenvalue weighted by molar-refractivity contribution is -0.138. The Morgan fingerprint density at radius 2 is 2.50 bits per heavy atom. The topological polar surface area (TPSA) is 63.3 Å². The molecule has 2 bridgehead atoms. The number of aliphatic carboxylic acids is 1. The monoisotopic (exact) mass is 243 g/mol. The first-order valence-electron chi connectivity index (χ1n) is 5.78. The molecule has 3 nitrogen and oxygen atoms in total. The standard InChI is InChI=1S/C7H10.C5H11NO2S/c1-2-7-4-3-6(1)5-7;1-9-3-2-4(6)5(7)8/h1,7H,2-5H2;4H,2-3,6H2,1H3,(H,7,8). The van der Waals surface area contributed by atoms with Crippen LogP contribution in [0, 0.1) is 5.92 Å². The number of hydrogen-bond acceptors (Lipinski definition) is 3. The van der Waals surface area contributed by atoms with E-state index in [0.717, 1.165) is 11.7 Å². The molecule has 2 atom stereocenters. The van der Waals surface area contributed by atoms with Gasteiger partial charge in [-0.05, 0) is 50.0 Å². The maximum Gasteiger partial charge on any atom is 0.320 e. The molecule has 4 heteroatoms. The second kappa shape index (κ2) is 6.97. The molecular formula is C12H21NO2S. The van der Waals surface area contributed by atoms with Crippen molar-refractivity contribution in [2.75, 3.05) is 12.0 Å². The third kappa shape index (κ3) is 4.58. The van der Waals surface area contributed by atoms with E-state index < -0.39 is 12.0 Å². The molecule has 3 N–H and O–H groups in total. The lowest BCUT2D eigenvalue weighted by atomic mass is 10.1. The first-order chi connectivity index (χ1) is 7.63. The van der Waals surface area contributed by atoms with Crippen molar-refractivity contribution in [1.82, 2.24) is 0 Å². The highest BCUT2D eigenvalue weighted by Crippen LogP contribution is 2.38. The molecule has 0 aromatic heterocycles. The normalized spacial score (nSPS) is 23.4. The van der Waals surface area contributed by atoms with Gasteiger partial charge in [0.25, 0.3) is 0 Å². The van der Waals surface area contributed by atoms with Crippen LogP contribution >= 0.6 is 11.8 Å². The molecule has 2 aliphatic rings. The average molecular weight is 243 g/mol. The average Bonchev–Trinajstić information content (AvgIpc) is 2.90. The molecule has 1 fully saturated rings. The van der Waals surface area contributed by atoms with E-state index in [0.29, 0.717) is 6.42 Å². The minimum absolute atomic E-state index is 0.552. The summed E-state index contributed by atoms with van der Waals surface area (Å²) in [6.45, 7) is 0. The fourth-order valence-corrected chi connectivity index (χ4v) is 2.54. The summed E-state index contributed by atoms with van der Waals surface area (Å²) >= 11 is 1.60. The van der Waals surface area contributed by atoms with Crippen molar-refractivity contribution in [2.45, 2.75) is 38.1 Å². The van der Waals surface area contributed by atoms with Crippen molar-refractivity contribution in [3.8, 4) is 0 Å². The van der Waals surface area contributed by atoms with Crippen molar-refractivity contribution in [1.29, 1.82) is 0 Å². The van der Waals surface area contributed by atoms with E-state index in [1.54, 1.807) is 17.3 Å². The zero-order valence-electron chi connectivity index (χ0n) is 9.82. The van der Waals surface area contributed by atoms with Gasteiger partial charge in [0.2, 0.25) is 0 Å². The van der Waals surface area contributed by atoms with Crippen LogP contribution in [0.1, 0.15) is 32.1 Å². The molecule has 0 saturated heterocycles. The second-order valence-electron chi connectivity index (χ2n) is 4.43. The van der Waals surface area contributed by atoms with Crippen LogP contribution in [-0.2, 0) is 4.79 Å². The van der Waals surface area contributed by atoms with Crippen LogP contribution in [0.3, 0.4) is 0 Å². The van der Waals surface area contributed by atoms with Gasteiger partial charge in [0, 0.05) is 0 Å². The lowest BCUT2D eigenvalue weighted by Gasteiger charge is -2.02. The molecule has 0 aliphatic heterocycles.